The van der Waals surface area contributed by atoms with E-state index >= 15 is 0 Å². The van der Waals surface area contributed by atoms with E-state index in [9.17, 15) is 4.79 Å². The first kappa shape index (κ1) is 14.8. The second-order valence-electron chi connectivity index (χ2n) is 5.52. The van der Waals surface area contributed by atoms with E-state index in [1.807, 2.05) is 49.9 Å². The molecule has 102 valence electrons. The Morgan fingerprint density at radius 2 is 2.00 bits per heavy atom. The molecule has 1 aromatic rings. The number of aromatic nitrogens is 1. The lowest BCUT2D eigenvalue weighted by Crippen LogP contribution is -2.32. The summed E-state index contributed by atoms with van der Waals surface area (Å²) in [7, 11) is 0. The van der Waals surface area contributed by atoms with Gasteiger partial charge in [-0.1, -0.05) is 13.8 Å². The van der Waals surface area contributed by atoms with Gasteiger partial charge in [0.2, 0.25) is 5.91 Å². The molecule has 1 heterocycles. The molecule has 4 heteroatoms. The number of hydrogen-bond donors (Lipinski definition) is 2. The SMILES string of the molecule is CC(C(=O)NCCCC(C)(C)CO)n1cccc1. The van der Waals surface area contributed by atoms with Gasteiger partial charge in [-0.15, -0.1) is 0 Å². The molecule has 1 amide bonds. The molecule has 1 rings (SSSR count). The molecule has 0 bridgehead atoms. The molecular weight excluding hydrogens is 228 g/mol. The Balaban J connectivity index is 2.26. The largest absolute Gasteiger partial charge is 0.396 e. The molecule has 0 spiro atoms. The zero-order valence-electron chi connectivity index (χ0n) is 11.5. The highest BCUT2D eigenvalue weighted by Gasteiger charge is 2.17. The standard InChI is InChI=1S/C14H24N2O2/c1-12(16-9-4-5-10-16)13(18)15-8-6-7-14(2,3)11-17/h4-5,9-10,12,17H,6-8,11H2,1-3H3,(H,15,18). The van der Waals surface area contributed by atoms with E-state index in [0.717, 1.165) is 12.8 Å². The minimum atomic E-state index is -0.175. The molecule has 0 aromatic carbocycles. The van der Waals surface area contributed by atoms with Crippen LogP contribution in [0, 0.1) is 5.41 Å². The number of aliphatic hydroxyl groups excluding tert-OH is 1. The van der Waals surface area contributed by atoms with E-state index in [0.29, 0.717) is 6.54 Å². The third-order valence-electron chi connectivity index (χ3n) is 3.21. The van der Waals surface area contributed by atoms with Gasteiger partial charge in [-0.05, 0) is 37.3 Å². The maximum atomic E-state index is 11.9. The van der Waals surface area contributed by atoms with Gasteiger partial charge in [-0.3, -0.25) is 4.79 Å². The second kappa shape index (κ2) is 6.59. The summed E-state index contributed by atoms with van der Waals surface area (Å²) in [5, 5.41) is 12.1. The minimum absolute atomic E-state index is 0.0352. The molecule has 18 heavy (non-hydrogen) atoms. The fourth-order valence-corrected chi connectivity index (χ4v) is 1.75. The van der Waals surface area contributed by atoms with Crippen LogP contribution in [0.1, 0.15) is 39.7 Å². The Labute approximate surface area is 109 Å². The normalized spacial score (nSPS) is 13.3. The Morgan fingerprint density at radius 3 is 2.56 bits per heavy atom. The number of carbonyl (C=O) groups excluding carboxylic acids is 1. The van der Waals surface area contributed by atoms with Gasteiger partial charge in [-0.2, -0.15) is 0 Å². The highest BCUT2D eigenvalue weighted by Crippen LogP contribution is 2.20. The molecule has 0 aliphatic carbocycles. The number of nitrogens with one attached hydrogen (secondary N) is 1. The molecule has 0 fully saturated rings. The lowest BCUT2D eigenvalue weighted by atomic mass is 9.89. The molecule has 1 unspecified atom stereocenters. The van der Waals surface area contributed by atoms with Crippen molar-refractivity contribution in [3.8, 4) is 0 Å². The van der Waals surface area contributed by atoms with Crippen LogP contribution in [0.4, 0.5) is 0 Å². The van der Waals surface area contributed by atoms with Gasteiger partial charge in [0, 0.05) is 25.5 Å². The number of nitrogens with zero attached hydrogens (tertiary/aromatic N) is 1. The summed E-state index contributed by atoms with van der Waals surface area (Å²) in [4.78, 5) is 11.9. The monoisotopic (exact) mass is 252 g/mol. The van der Waals surface area contributed by atoms with Crippen molar-refractivity contribution in [3.63, 3.8) is 0 Å². The van der Waals surface area contributed by atoms with Crippen molar-refractivity contribution in [2.75, 3.05) is 13.2 Å². The quantitative estimate of drug-likeness (QED) is 0.729. The van der Waals surface area contributed by atoms with Crippen molar-refractivity contribution >= 4 is 5.91 Å². The summed E-state index contributed by atoms with van der Waals surface area (Å²) in [5.41, 5.74) is -0.0588. The van der Waals surface area contributed by atoms with Crippen molar-refractivity contribution in [1.82, 2.24) is 9.88 Å². The molecular formula is C14H24N2O2. The van der Waals surface area contributed by atoms with Gasteiger partial charge in [0.25, 0.3) is 0 Å². The van der Waals surface area contributed by atoms with Crippen LogP contribution in [0.3, 0.4) is 0 Å². The number of carbonyl (C=O) groups is 1. The Hall–Kier alpha value is -1.29. The Bertz CT molecular complexity index is 358. The predicted molar refractivity (Wildman–Crippen MR) is 72.3 cm³/mol. The first-order valence-electron chi connectivity index (χ1n) is 6.47. The van der Waals surface area contributed by atoms with Gasteiger partial charge >= 0.3 is 0 Å². The summed E-state index contributed by atoms with van der Waals surface area (Å²) >= 11 is 0. The topological polar surface area (TPSA) is 54.3 Å². The third kappa shape index (κ3) is 4.53. The van der Waals surface area contributed by atoms with E-state index in [1.54, 1.807) is 0 Å². The third-order valence-corrected chi connectivity index (χ3v) is 3.21. The van der Waals surface area contributed by atoms with Gasteiger partial charge in [-0.25, -0.2) is 0 Å². The molecule has 0 saturated carbocycles. The zero-order valence-corrected chi connectivity index (χ0v) is 11.5. The van der Waals surface area contributed by atoms with Crippen LogP contribution >= 0.6 is 0 Å². The molecule has 1 aromatic heterocycles. The van der Waals surface area contributed by atoms with Crippen LogP contribution < -0.4 is 5.32 Å². The van der Waals surface area contributed by atoms with Crippen LogP contribution in [0.5, 0.6) is 0 Å². The summed E-state index contributed by atoms with van der Waals surface area (Å²) in [6.07, 6.45) is 5.57. The molecule has 0 saturated heterocycles. The van der Waals surface area contributed by atoms with Crippen molar-refractivity contribution in [2.24, 2.45) is 5.41 Å². The van der Waals surface area contributed by atoms with Crippen LogP contribution in [0.25, 0.3) is 0 Å². The van der Waals surface area contributed by atoms with Gasteiger partial charge < -0.3 is 15.0 Å². The first-order valence-corrected chi connectivity index (χ1v) is 6.47. The molecule has 0 radical (unpaired) electrons. The highest BCUT2D eigenvalue weighted by atomic mass is 16.3. The number of hydrogen-bond acceptors (Lipinski definition) is 2. The molecule has 0 aliphatic heterocycles. The van der Waals surface area contributed by atoms with Crippen molar-refractivity contribution in [2.45, 2.75) is 39.7 Å². The van der Waals surface area contributed by atoms with Crippen LogP contribution in [-0.2, 0) is 4.79 Å². The van der Waals surface area contributed by atoms with E-state index in [4.69, 9.17) is 5.11 Å². The Morgan fingerprint density at radius 1 is 1.39 bits per heavy atom. The fraction of sp³-hybridized carbons (Fsp3) is 0.643. The van der Waals surface area contributed by atoms with Crippen molar-refractivity contribution < 1.29 is 9.90 Å². The average Bonchev–Trinajstić information content (AvgIpc) is 2.87. The van der Waals surface area contributed by atoms with E-state index < -0.39 is 0 Å². The minimum Gasteiger partial charge on any atom is -0.396 e. The molecule has 2 N–H and O–H groups in total. The highest BCUT2D eigenvalue weighted by molar-refractivity contribution is 5.79. The van der Waals surface area contributed by atoms with Crippen molar-refractivity contribution in [3.05, 3.63) is 24.5 Å². The predicted octanol–water partition coefficient (Wildman–Crippen LogP) is 1.96. The number of aliphatic hydroxyl groups is 1. The summed E-state index contributed by atoms with van der Waals surface area (Å²) in [6, 6.07) is 3.65. The summed E-state index contributed by atoms with van der Waals surface area (Å²) in [5.74, 6) is 0.0352. The summed E-state index contributed by atoms with van der Waals surface area (Å²) in [6.45, 7) is 6.77. The van der Waals surface area contributed by atoms with Crippen LogP contribution in [0.15, 0.2) is 24.5 Å². The van der Waals surface area contributed by atoms with Crippen molar-refractivity contribution in [1.29, 1.82) is 0 Å². The van der Waals surface area contributed by atoms with E-state index in [-0.39, 0.29) is 24.0 Å². The maximum Gasteiger partial charge on any atom is 0.242 e. The maximum absolute atomic E-state index is 11.9. The van der Waals surface area contributed by atoms with E-state index in [1.165, 1.54) is 0 Å². The van der Waals surface area contributed by atoms with Gasteiger partial charge in [0.1, 0.15) is 6.04 Å². The molecule has 0 aliphatic rings. The summed E-state index contributed by atoms with van der Waals surface area (Å²) < 4.78 is 1.88. The van der Waals surface area contributed by atoms with E-state index in [2.05, 4.69) is 5.32 Å². The molecule has 1 atom stereocenters. The average molecular weight is 252 g/mol. The second-order valence-corrected chi connectivity index (χ2v) is 5.52. The Kier molecular flexibility index (Phi) is 5.41. The van der Waals surface area contributed by atoms with Gasteiger partial charge in [0.05, 0.1) is 0 Å². The molecule has 4 nitrogen and oxygen atoms in total. The van der Waals surface area contributed by atoms with Crippen LogP contribution in [-0.4, -0.2) is 28.7 Å². The lowest BCUT2D eigenvalue weighted by Gasteiger charge is -2.21. The zero-order chi connectivity index (χ0) is 13.6. The number of rotatable bonds is 7. The number of amides is 1. The first-order chi connectivity index (χ1) is 8.46. The fourth-order valence-electron chi connectivity index (χ4n) is 1.75. The van der Waals surface area contributed by atoms with Gasteiger partial charge in [0.15, 0.2) is 0 Å². The lowest BCUT2D eigenvalue weighted by molar-refractivity contribution is -0.123. The van der Waals surface area contributed by atoms with Crippen LogP contribution in [0.2, 0.25) is 0 Å². The smallest absolute Gasteiger partial charge is 0.242 e.